The number of ether oxygens (including phenoxy) is 1. The van der Waals surface area contributed by atoms with E-state index in [-0.39, 0.29) is 5.97 Å². The fourth-order valence-corrected chi connectivity index (χ4v) is 3.56. The smallest absolute Gasteiger partial charge is 0.325 e. The molecule has 2 fully saturated rings. The van der Waals surface area contributed by atoms with Gasteiger partial charge in [-0.05, 0) is 65.0 Å². The number of hydrogen-bond acceptors (Lipinski definition) is 4. The van der Waals surface area contributed by atoms with Gasteiger partial charge in [0.25, 0.3) is 0 Å². The maximum Gasteiger partial charge on any atom is 0.325 e. The van der Waals surface area contributed by atoms with Crippen LogP contribution in [0.3, 0.4) is 0 Å². The van der Waals surface area contributed by atoms with Gasteiger partial charge in [0.05, 0.1) is 7.11 Å². The minimum Gasteiger partial charge on any atom is -0.468 e. The van der Waals surface area contributed by atoms with Crippen LogP contribution in [0.25, 0.3) is 0 Å². The van der Waals surface area contributed by atoms with E-state index in [0.717, 1.165) is 25.3 Å². The van der Waals surface area contributed by atoms with Gasteiger partial charge in [-0.2, -0.15) is 0 Å². The van der Waals surface area contributed by atoms with Gasteiger partial charge in [0, 0.05) is 12.6 Å². The summed E-state index contributed by atoms with van der Waals surface area (Å²) in [4.78, 5) is 14.5. The van der Waals surface area contributed by atoms with E-state index in [9.17, 15) is 4.79 Å². The highest BCUT2D eigenvalue weighted by Crippen LogP contribution is 2.27. The first kappa shape index (κ1) is 16.8. The van der Waals surface area contributed by atoms with Crippen LogP contribution >= 0.6 is 0 Å². The highest BCUT2D eigenvalue weighted by atomic mass is 16.5. The summed E-state index contributed by atoms with van der Waals surface area (Å²) in [5.41, 5.74) is -0.510. The quantitative estimate of drug-likeness (QED) is 0.664. The zero-order chi connectivity index (χ0) is 15.3. The molecule has 0 heterocycles. The molecule has 2 aliphatic rings. The second-order valence-corrected chi connectivity index (χ2v) is 7.26. The zero-order valence-electron chi connectivity index (χ0n) is 14.0. The molecule has 0 aromatic rings. The fourth-order valence-electron chi connectivity index (χ4n) is 3.56. The number of nitrogens with one attached hydrogen (secondary N) is 1. The van der Waals surface area contributed by atoms with Crippen LogP contribution in [0.4, 0.5) is 0 Å². The van der Waals surface area contributed by atoms with E-state index < -0.39 is 5.54 Å². The van der Waals surface area contributed by atoms with Crippen molar-refractivity contribution in [3.05, 3.63) is 0 Å². The molecule has 0 bridgehead atoms. The molecule has 0 aliphatic heterocycles. The van der Waals surface area contributed by atoms with Crippen molar-refractivity contribution in [2.45, 2.75) is 69.9 Å². The summed E-state index contributed by atoms with van der Waals surface area (Å²) in [6.45, 7) is 4.27. The predicted molar refractivity (Wildman–Crippen MR) is 85.3 cm³/mol. The molecule has 0 spiro atoms. The molecule has 0 radical (unpaired) electrons. The summed E-state index contributed by atoms with van der Waals surface area (Å²) in [5.74, 6) is 0.777. The largest absolute Gasteiger partial charge is 0.468 e. The summed E-state index contributed by atoms with van der Waals surface area (Å²) in [7, 11) is 3.70. The molecule has 0 saturated heterocycles. The first-order chi connectivity index (χ1) is 10.0. The van der Waals surface area contributed by atoms with E-state index in [0.29, 0.717) is 6.04 Å². The average Bonchev–Trinajstić information content (AvgIpc) is 3.11. The Morgan fingerprint density at radius 1 is 1.29 bits per heavy atom. The minimum absolute atomic E-state index is 0.118. The molecule has 0 aromatic heterocycles. The first-order valence-electron chi connectivity index (χ1n) is 8.58. The fraction of sp³-hybridized carbons (Fsp3) is 0.941. The van der Waals surface area contributed by atoms with Gasteiger partial charge < -0.3 is 9.64 Å². The Labute approximate surface area is 129 Å². The summed E-state index contributed by atoms with van der Waals surface area (Å²) >= 11 is 0. The van der Waals surface area contributed by atoms with Crippen molar-refractivity contribution in [1.29, 1.82) is 0 Å². The maximum atomic E-state index is 12.1. The van der Waals surface area contributed by atoms with Gasteiger partial charge in [0.15, 0.2) is 0 Å². The Morgan fingerprint density at radius 3 is 2.52 bits per heavy atom. The predicted octanol–water partition coefficient (Wildman–Crippen LogP) is 2.57. The Balaban J connectivity index is 1.71. The molecule has 1 atom stereocenters. The highest BCUT2D eigenvalue weighted by molar-refractivity contribution is 5.80. The number of carbonyl (C=O) groups is 1. The normalized spacial score (nSPS) is 22.5. The molecule has 21 heavy (non-hydrogen) atoms. The van der Waals surface area contributed by atoms with E-state index in [1.54, 1.807) is 0 Å². The van der Waals surface area contributed by atoms with Gasteiger partial charge in [0.2, 0.25) is 0 Å². The van der Waals surface area contributed by atoms with E-state index in [4.69, 9.17) is 4.74 Å². The molecular weight excluding hydrogens is 264 g/mol. The second-order valence-electron chi connectivity index (χ2n) is 7.26. The number of carbonyl (C=O) groups excluding carboxylic acids is 1. The van der Waals surface area contributed by atoms with Gasteiger partial charge in [-0.3, -0.25) is 10.1 Å². The van der Waals surface area contributed by atoms with Crippen LogP contribution in [-0.4, -0.2) is 49.7 Å². The Kier molecular flexibility index (Phi) is 6.06. The van der Waals surface area contributed by atoms with Crippen LogP contribution in [0.1, 0.15) is 58.3 Å². The van der Waals surface area contributed by atoms with E-state index in [1.165, 1.54) is 52.2 Å². The van der Waals surface area contributed by atoms with Crippen LogP contribution in [0.2, 0.25) is 0 Å². The van der Waals surface area contributed by atoms with Gasteiger partial charge >= 0.3 is 5.97 Å². The first-order valence-corrected chi connectivity index (χ1v) is 8.58. The van der Waals surface area contributed by atoms with Crippen molar-refractivity contribution >= 4 is 5.97 Å². The third-order valence-corrected chi connectivity index (χ3v) is 5.00. The molecule has 2 saturated carbocycles. The third-order valence-electron chi connectivity index (χ3n) is 5.00. The van der Waals surface area contributed by atoms with Crippen molar-refractivity contribution < 1.29 is 9.53 Å². The molecule has 2 rings (SSSR count). The van der Waals surface area contributed by atoms with E-state index in [2.05, 4.69) is 17.3 Å². The van der Waals surface area contributed by atoms with Crippen molar-refractivity contribution in [3.63, 3.8) is 0 Å². The number of nitrogens with zero attached hydrogens (tertiary/aromatic N) is 1. The lowest BCUT2D eigenvalue weighted by molar-refractivity contribution is -0.148. The molecule has 1 unspecified atom stereocenters. The van der Waals surface area contributed by atoms with Crippen molar-refractivity contribution in [2.24, 2.45) is 5.92 Å². The summed E-state index contributed by atoms with van der Waals surface area (Å²) in [6, 6.07) is 0.519. The molecule has 1 N–H and O–H groups in total. The lowest BCUT2D eigenvalue weighted by Crippen LogP contribution is -2.51. The number of hydrogen-bond donors (Lipinski definition) is 1. The number of methoxy groups -OCH3 is 1. The lowest BCUT2D eigenvalue weighted by Gasteiger charge is -2.29. The zero-order valence-corrected chi connectivity index (χ0v) is 14.0. The maximum absolute atomic E-state index is 12.1. The van der Waals surface area contributed by atoms with Gasteiger partial charge in [0.1, 0.15) is 5.54 Å². The van der Waals surface area contributed by atoms with Crippen LogP contribution in [0.5, 0.6) is 0 Å². The van der Waals surface area contributed by atoms with Crippen molar-refractivity contribution in [1.82, 2.24) is 10.2 Å². The number of rotatable bonds is 9. The van der Waals surface area contributed by atoms with Crippen LogP contribution < -0.4 is 5.32 Å². The summed E-state index contributed by atoms with van der Waals surface area (Å²) in [5, 5.41) is 3.47. The minimum atomic E-state index is -0.510. The number of esters is 1. The van der Waals surface area contributed by atoms with E-state index >= 15 is 0 Å². The monoisotopic (exact) mass is 296 g/mol. The van der Waals surface area contributed by atoms with E-state index in [1.807, 2.05) is 6.92 Å². The van der Waals surface area contributed by atoms with Crippen LogP contribution in [-0.2, 0) is 9.53 Å². The highest BCUT2D eigenvalue weighted by Gasteiger charge is 2.38. The van der Waals surface area contributed by atoms with Crippen molar-refractivity contribution in [3.8, 4) is 0 Å². The Hall–Kier alpha value is -0.610. The molecule has 0 amide bonds. The van der Waals surface area contributed by atoms with Crippen LogP contribution in [0, 0.1) is 5.92 Å². The van der Waals surface area contributed by atoms with Crippen molar-refractivity contribution in [2.75, 3.05) is 27.2 Å². The summed E-state index contributed by atoms with van der Waals surface area (Å²) < 4.78 is 4.99. The summed E-state index contributed by atoms with van der Waals surface area (Å²) in [6.07, 6.45) is 9.87. The molecular formula is C17H32N2O2. The molecule has 0 aromatic carbocycles. The molecule has 4 heteroatoms. The van der Waals surface area contributed by atoms with Crippen LogP contribution in [0.15, 0.2) is 0 Å². The molecule has 122 valence electrons. The lowest BCUT2D eigenvalue weighted by atomic mass is 9.95. The Morgan fingerprint density at radius 2 is 1.95 bits per heavy atom. The van der Waals surface area contributed by atoms with Gasteiger partial charge in [-0.15, -0.1) is 0 Å². The third kappa shape index (κ3) is 5.26. The SMILES string of the molecule is COC(=O)C(C)(CCCN(C)CC1CCCC1)NC1CC1. The van der Waals surface area contributed by atoms with Gasteiger partial charge in [-0.1, -0.05) is 12.8 Å². The molecule has 2 aliphatic carbocycles. The second kappa shape index (κ2) is 7.59. The standard InChI is InChI=1S/C17H32N2O2/c1-17(16(20)21-3,18-15-9-10-15)11-6-12-19(2)13-14-7-4-5-8-14/h14-15,18H,4-13H2,1-3H3. The topological polar surface area (TPSA) is 41.6 Å². The average molecular weight is 296 g/mol. The van der Waals surface area contributed by atoms with Gasteiger partial charge in [-0.25, -0.2) is 0 Å². The Bertz CT molecular complexity index is 338. The molecule has 4 nitrogen and oxygen atoms in total.